The summed E-state index contributed by atoms with van der Waals surface area (Å²) in [4.78, 5) is 0. The molecule has 2 aromatic rings. The van der Waals surface area contributed by atoms with E-state index in [1.807, 2.05) is 38.1 Å². The molecule has 0 spiro atoms. The molecule has 0 radical (unpaired) electrons. The summed E-state index contributed by atoms with van der Waals surface area (Å²) in [6, 6.07) is 11.6. The Hall–Kier alpha value is -1.87. The van der Waals surface area contributed by atoms with Crippen molar-refractivity contribution in [1.29, 1.82) is 0 Å². The van der Waals surface area contributed by atoms with E-state index in [9.17, 15) is 4.39 Å². The quantitative estimate of drug-likeness (QED) is 0.874. The van der Waals surface area contributed by atoms with E-state index in [-0.39, 0.29) is 11.6 Å². The lowest BCUT2D eigenvalue weighted by atomic mass is 10.1. The topological polar surface area (TPSA) is 21.3 Å². The van der Waals surface area contributed by atoms with Gasteiger partial charge in [0.25, 0.3) is 0 Å². The summed E-state index contributed by atoms with van der Waals surface area (Å²) in [6.45, 7) is 4.78. The molecule has 0 atom stereocenters. The van der Waals surface area contributed by atoms with Crippen molar-refractivity contribution in [2.45, 2.75) is 39.3 Å². The van der Waals surface area contributed by atoms with E-state index in [0.29, 0.717) is 18.3 Å². The van der Waals surface area contributed by atoms with Crippen LogP contribution in [-0.2, 0) is 6.54 Å². The van der Waals surface area contributed by atoms with Crippen LogP contribution in [0.25, 0.3) is 0 Å². The van der Waals surface area contributed by atoms with Gasteiger partial charge in [-0.05, 0) is 67.6 Å². The molecule has 0 bridgehead atoms. The minimum Gasteiger partial charge on any atom is -0.454 e. The molecule has 0 aliphatic heterocycles. The molecule has 21 heavy (non-hydrogen) atoms. The monoisotopic (exact) mass is 285 g/mol. The highest BCUT2D eigenvalue weighted by Gasteiger charge is 2.20. The number of aryl methyl sites for hydroxylation is 2. The summed E-state index contributed by atoms with van der Waals surface area (Å²) in [5, 5.41) is 3.38. The van der Waals surface area contributed by atoms with Crippen molar-refractivity contribution in [3.05, 3.63) is 58.9 Å². The second kappa shape index (κ2) is 5.86. The predicted molar refractivity (Wildman–Crippen MR) is 82.3 cm³/mol. The Morgan fingerprint density at radius 2 is 1.90 bits per heavy atom. The minimum absolute atomic E-state index is 0.272. The van der Waals surface area contributed by atoms with Gasteiger partial charge in [-0.2, -0.15) is 0 Å². The molecular weight excluding hydrogens is 265 g/mol. The lowest BCUT2D eigenvalue weighted by molar-refractivity contribution is 0.441. The molecule has 1 aliphatic rings. The third-order valence-electron chi connectivity index (χ3n) is 3.87. The van der Waals surface area contributed by atoms with E-state index in [1.165, 1.54) is 18.4 Å². The lowest BCUT2D eigenvalue weighted by Crippen LogP contribution is -2.15. The van der Waals surface area contributed by atoms with Gasteiger partial charge in [-0.3, -0.25) is 0 Å². The molecule has 0 aromatic heterocycles. The van der Waals surface area contributed by atoms with E-state index >= 15 is 0 Å². The smallest absolute Gasteiger partial charge is 0.166 e. The average molecular weight is 285 g/mol. The van der Waals surface area contributed by atoms with Crippen molar-refractivity contribution in [1.82, 2.24) is 5.32 Å². The standard InChI is InChI=1S/C18H20FNO/c1-12-3-7-16(9-13(12)2)21-18-8-4-14(10-17(18)19)11-20-15-5-6-15/h3-4,7-10,15,20H,5-6,11H2,1-2H3. The van der Waals surface area contributed by atoms with Crippen LogP contribution in [-0.4, -0.2) is 6.04 Å². The molecule has 3 rings (SSSR count). The number of rotatable bonds is 5. The lowest BCUT2D eigenvalue weighted by Gasteiger charge is -2.10. The highest BCUT2D eigenvalue weighted by atomic mass is 19.1. The molecule has 110 valence electrons. The molecule has 0 saturated heterocycles. The van der Waals surface area contributed by atoms with E-state index in [0.717, 1.165) is 11.1 Å². The van der Waals surface area contributed by atoms with Gasteiger partial charge in [0.15, 0.2) is 11.6 Å². The zero-order valence-electron chi connectivity index (χ0n) is 12.4. The predicted octanol–water partition coefficient (Wildman–Crippen LogP) is 4.49. The maximum Gasteiger partial charge on any atom is 0.166 e. The van der Waals surface area contributed by atoms with Gasteiger partial charge in [0.2, 0.25) is 0 Å². The Bertz CT molecular complexity index is 650. The first kappa shape index (κ1) is 14.1. The Balaban J connectivity index is 1.70. The number of ether oxygens (including phenoxy) is 1. The third-order valence-corrected chi connectivity index (χ3v) is 3.87. The van der Waals surface area contributed by atoms with Crippen molar-refractivity contribution >= 4 is 0 Å². The van der Waals surface area contributed by atoms with Gasteiger partial charge in [0.1, 0.15) is 5.75 Å². The molecule has 0 amide bonds. The van der Waals surface area contributed by atoms with Crippen molar-refractivity contribution in [3.63, 3.8) is 0 Å². The minimum atomic E-state index is -0.316. The molecule has 3 heteroatoms. The maximum atomic E-state index is 14.1. The molecule has 1 saturated carbocycles. The summed E-state index contributed by atoms with van der Waals surface area (Å²) >= 11 is 0. The summed E-state index contributed by atoms with van der Waals surface area (Å²) < 4.78 is 19.7. The summed E-state index contributed by atoms with van der Waals surface area (Å²) in [5.74, 6) is 0.623. The van der Waals surface area contributed by atoms with E-state index in [2.05, 4.69) is 5.32 Å². The van der Waals surface area contributed by atoms with E-state index in [4.69, 9.17) is 4.74 Å². The van der Waals surface area contributed by atoms with Gasteiger partial charge >= 0.3 is 0 Å². The average Bonchev–Trinajstić information content (AvgIpc) is 3.27. The van der Waals surface area contributed by atoms with Crippen LogP contribution in [0.15, 0.2) is 36.4 Å². The number of benzene rings is 2. The van der Waals surface area contributed by atoms with Crippen LogP contribution in [0, 0.1) is 19.7 Å². The van der Waals surface area contributed by atoms with Crippen LogP contribution in [0.3, 0.4) is 0 Å². The van der Waals surface area contributed by atoms with Gasteiger partial charge in [-0.25, -0.2) is 4.39 Å². The number of halogens is 1. The summed E-state index contributed by atoms with van der Waals surface area (Å²) in [5.41, 5.74) is 3.29. The van der Waals surface area contributed by atoms with Gasteiger partial charge in [-0.15, -0.1) is 0 Å². The Kier molecular flexibility index (Phi) is 3.93. The van der Waals surface area contributed by atoms with Gasteiger partial charge in [0, 0.05) is 12.6 Å². The fourth-order valence-corrected chi connectivity index (χ4v) is 2.19. The maximum absolute atomic E-state index is 14.1. The molecule has 0 unspecified atom stereocenters. The fraction of sp³-hybridized carbons (Fsp3) is 0.333. The van der Waals surface area contributed by atoms with E-state index in [1.54, 1.807) is 12.1 Å². The first-order valence-corrected chi connectivity index (χ1v) is 7.39. The Morgan fingerprint density at radius 1 is 1.10 bits per heavy atom. The molecule has 2 nitrogen and oxygen atoms in total. The number of hydrogen-bond acceptors (Lipinski definition) is 2. The molecule has 1 fully saturated rings. The fourth-order valence-electron chi connectivity index (χ4n) is 2.19. The molecule has 1 N–H and O–H groups in total. The van der Waals surface area contributed by atoms with Crippen LogP contribution in [0.5, 0.6) is 11.5 Å². The van der Waals surface area contributed by atoms with Crippen LogP contribution < -0.4 is 10.1 Å². The second-order valence-electron chi connectivity index (χ2n) is 5.77. The van der Waals surface area contributed by atoms with E-state index < -0.39 is 0 Å². The summed E-state index contributed by atoms with van der Waals surface area (Å²) in [7, 11) is 0. The van der Waals surface area contributed by atoms with Gasteiger partial charge < -0.3 is 10.1 Å². The van der Waals surface area contributed by atoms with Gasteiger partial charge in [0.05, 0.1) is 0 Å². The largest absolute Gasteiger partial charge is 0.454 e. The number of nitrogens with one attached hydrogen (secondary N) is 1. The zero-order chi connectivity index (χ0) is 14.8. The highest BCUT2D eigenvalue weighted by Crippen LogP contribution is 2.27. The second-order valence-corrected chi connectivity index (χ2v) is 5.77. The first-order valence-electron chi connectivity index (χ1n) is 7.39. The van der Waals surface area contributed by atoms with Crippen LogP contribution in [0.4, 0.5) is 4.39 Å². The van der Waals surface area contributed by atoms with Crippen molar-refractivity contribution in [2.75, 3.05) is 0 Å². The van der Waals surface area contributed by atoms with Crippen LogP contribution in [0.1, 0.15) is 29.5 Å². The van der Waals surface area contributed by atoms with Crippen molar-refractivity contribution in [3.8, 4) is 11.5 Å². The molecule has 2 aromatic carbocycles. The normalized spacial score (nSPS) is 14.2. The Morgan fingerprint density at radius 3 is 2.57 bits per heavy atom. The highest BCUT2D eigenvalue weighted by molar-refractivity contribution is 5.38. The Labute approximate surface area is 125 Å². The van der Waals surface area contributed by atoms with Crippen LogP contribution in [0.2, 0.25) is 0 Å². The molecular formula is C18H20FNO. The van der Waals surface area contributed by atoms with Crippen molar-refractivity contribution in [2.24, 2.45) is 0 Å². The SMILES string of the molecule is Cc1ccc(Oc2ccc(CNC3CC3)cc2F)cc1C. The third kappa shape index (κ3) is 3.61. The van der Waals surface area contributed by atoms with Crippen LogP contribution >= 0.6 is 0 Å². The summed E-state index contributed by atoms with van der Waals surface area (Å²) in [6.07, 6.45) is 2.47. The first-order chi connectivity index (χ1) is 10.1. The molecule has 1 aliphatic carbocycles. The number of hydrogen-bond donors (Lipinski definition) is 1. The zero-order valence-corrected chi connectivity index (χ0v) is 12.4. The van der Waals surface area contributed by atoms with Gasteiger partial charge in [-0.1, -0.05) is 12.1 Å². The van der Waals surface area contributed by atoms with Crippen molar-refractivity contribution < 1.29 is 9.13 Å². The molecule has 0 heterocycles.